The Labute approximate surface area is 250 Å². The van der Waals surface area contributed by atoms with E-state index in [0.717, 1.165) is 16.0 Å². The molecule has 42 heavy (non-hydrogen) atoms. The van der Waals surface area contributed by atoms with Crippen LogP contribution in [0.5, 0.6) is 0 Å². The summed E-state index contributed by atoms with van der Waals surface area (Å²) in [5.41, 5.74) is 0.986. The van der Waals surface area contributed by atoms with Gasteiger partial charge in [0.15, 0.2) is 16.6 Å². The average Bonchev–Trinajstić information content (AvgIpc) is 3.60. The molecule has 1 aliphatic heterocycles. The van der Waals surface area contributed by atoms with E-state index >= 15 is 0 Å². The molecule has 4 atom stereocenters. The van der Waals surface area contributed by atoms with Crippen molar-refractivity contribution in [2.75, 3.05) is 20.3 Å². The minimum atomic E-state index is -0.930. The van der Waals surface area contributed by atoms with E-state index in [1.165, 1.54) is 18.4 Å². The van der Waals surface area contributed by atoms with Crippen LogP contribution < -0.4 is 10.6 Å². The highest BCUT2D eigenvalue weighted by Gasteiger charge is 2.50. The molecule has 10 heteroatoms. The quantitative estimate of drug-likeness (QED) is 0.244. The number of carbonyl (C=O) groups excluding carboxylic acids is 4. The van der Waals surface area contributed by atoms with Crippen LogP contribution in [0, 0.1) is 12.8 Å². The van der Waals surface area contributed by atoms with E-state index in [1.54, 1.807) is 13.1 Å². The van der Waals surface area contributed by atoms with Crippen LogP contribution in [0.3, 0.4) is 0 Å². The second kappa shape index (κ2) is 14.4. The molecule has 9 nitrogen and oxygen atoms in total. The number of rotatable bonds is 16. The van der Waals surface area contributed by atoms with Crippen molar-refractivity contribution in [3.05, 3.63) is 87.9 Å². The number of nitrogens with one attached hydrogen (secondary N) is 2. The summed E-state index contributed by atoms with van der Waals surface area (Å²) in [7, 11) is 1.45. The second-order valence-corrected chi connectivity index (χ2v) is 12.0. The molecule has 0 spiro atoms. The highest BCUT2D eigenvalue weighted by atomic mass is 32.1. The first-order valence-electron chi connectivity index (χ1n) is 14.0. The molecule has 0 bridgehead atoms. The van der Waals surface area contributed by atoms with Gasteiger partial charge in [0.25, 0.3) is 5.91 Å². The second-order valence-electron chi connectivity index (χ2n) is 10.8. The molecular formula is C32H37N3O6S. The summed E-state index contributed by atoms with van der Waals surface area (Å²) in [6.45, 7) is 3.84. The molecule has 1 fully saturated rings. The zero-order chi connectivity index (χ0) is 30.1. The van der Waals surface area contributed by atoms with Crippen LogP contribution in [0.15, 0.2) is 66.9 Å². The fourth-order valence-corrected chi connectivity index (χ4v) is 5.40. The summed E-state index contributed by atoms with van der Waals surface area (Å²) in [4.78, 5) is 58.4. The van der Waals surface area contributed by atoms with E-state index < -0.39 is 35.4 Å². The van der Waals surface area contributed by atoms with Crippen molar-refractivity contribution in [1.82, 2.24) is 15.6 Å². The Morgan fingerprint density at radius 3 is 2.21 bits per heavy atom. The van der Waals surface area contributed by atoms with Gasteiger partial charge >= 0.3 is 0 Å². The highest BCUT2D eigenvalue weighted by Crippen LogP contribution is 2.29. The minimum absolute atomic E-state index is 0.0252. The molecule has 0 unspecified atom stereocenters. The summed E-state index contributed by atoms with van der Waals surface area (Å²) in [6.07, 6.45) is 2.64. The molecule has 2 amide bonds. The fraction of sp³-hybridized carbons (Fsp3) is 0.406. The first kappa shape index (κ1) is 31.2. The Balaban J connectivity index is 1.48. The number of ketones is 2. The lowest BCUT2D eigenvalue weighted by Gasteiger charge is -2.24. The zero-order valence-electron chi connectivity index (χ0n) is 24.1. The standard InChI is InChI=1S/C32H37N3O6S/c1-21-18-33-31(42-21)30(39)34-25(15-14-22-10-6-4-7-11-22)27(36)17-24(19-40-3)29(38)35-26(28(37)32(2)20-41-32)16-23-12-8-5-9-13-23/h4-13,18,24-26H,14-17,19-20H2,1-3H3,(H,34,39)(H,35,38)/t24-,25-,26-,32+/m0/s1. The summed E-state index contributed by atoms with van der Waals surface area (Å²) in [5.74, 6) is -2.27. The van der Waals surface area contributed by atoms with Crippen molar-refractivity contribution in [3.63, 3.8) is 0 Å². The van der Waals surface area contributed by atoms with Gasteiger partial charge in [0.1, 0.15) is 5.60 Å². The van der Waals surface area contributed by atoms with Gasteiger partial charge in [-0.1, -0.05) is 60.7 Å². The molecule has 1 aromatic heterocycles. The molecule has 0 aliphatic carbocycles. The van der Waals surface area contributed by atoms with Gasteiger partial charge in [-0.2, -0.15) is 0 Å². The normalized spacial score (nSPS) is 18.0. The number of thiazole rings is 1. The van der Waals surface area contributed by atoms with Gasteiger partial charge in [-0.05, 0) is 44.2 Å². The fourth-order valence-electron chi connectivity index (χ4n) is 4.73. The number of methoxy groups -OCH3 is 1. The Kier molecular flexibility index (Phi) is 10.7. The van der Waals surface area contributed by atoms with Crippen molar-refractivity contribution in [3.8, 4) is 0 Å². The van der Waals surface area contributed by atoms with Crippen LogP contribution in [-0.2, 0) is 36.7 Å². The first-order valence-corrected chi connectivity index (χ1v) is 14.8. The molecule has 2 N–H and O–H groups in total. The lowest BCUT2D eigenvalue weighted by molar-refractivity contribution is -0.135. The Morgan fingerprint density at radius 1 is 1.00 bits per heavy atom. The molecule has 0 saturated carbocycles. The lowest BCUT2D eigenvalue weighted by atomic mass is 9.92. The average molecular weight is 592 g/mol. The maximum absolute atomic E-state index is 13.7. The Bertz CT molecular complexity index is 1370. The van der Waals surface area contributed by atoms with E-state index in [9.17, 15) is 19.2 Å². The van der Waals surface area contributed by atoms with Gasteiger partial charge in [-0.25, -0.2) is 4.98 Å². The third kappa shape index (κ3) is 8.64. The number of ether oxygens (including phenoxy) is 2. The molecule has 2 aromatic carbocycles. The number of epoxide rings is 1. The third-order valence-corrected chi connectivity index (χ3v) is 8.19. The number of benzene rings is 2. The highest BCUT2D eigenvalue weighted by molar-refractivity contribution is 7.13. The topological polar surface area (TPSA) is 127 Å². The number of aromatic nitrogens is 1. The molecule has 3 aromatic rings. The summed E-state index contributed by atoms with van der Waals surface area (Å²) in [6, 6.07) is 17.4. The van der Waals surface area contributed by atoms with E-state index in [0.29, 0.717) is 25.9 Å². The van der Waals surface area contributed by atoms with Crippen LogP contribution in [-0.4, -0.2) is 66.4 Å². The zero-order valence-corrected chi connectivity index (χ0v) is 24.9. The molecule has 1 saturated heterocycles. The number of aryl methyl sites for hydroxylation is 2. The molecule has 4 rings (SSSR count). The molecular weight excluding hydrogens is 554 g/mol. The molecule has 1 aliphatic rings. The van der Waals surface area contributed by atoms with Crippen molar-refractivity contribution < 1.29 is 28.7 Å². The van der Waals surface area contributed by atoms with Crippen LogP contribution in [0.4, 0.5) is 0 Å². The monoisotopic (exact) mass is 591 g/mol. The van der Waals surface area contributed by atoms with Crippen LogP contribution in [0.1, 0.15) is 45.6 Å². The number of carbonyl (C=O) groups is 4. The van der Waals surface area contributed by atoms with Gasteiger partial charge in [0.05, 0.1) is 31.2 Å². The largest absolute Gasteiger partial charge is 0.384 e. The van der Waals surface area contributed by atoms with E-state index in [2.05, 4.69) is 15.6 Å². The maximum Gasteiger partial charge on any atom is 0.280 e. The number of nitrogens with zero attached hydrogens (tertiary/aromatic N) is 1. The SMILES string of the molecule is COC[C@H](CC(=O)[C@H](CCc1ccccc1)NC(=O)c1ncc(C)s1)C(=O)N[C@@H](Cc1ccccc1)C(=O)[C@@]1(C)CO1. The van der Waals surface area contributed by atoms with Crippen molar-refractivity contribution in [2.45, 2.75) is 57.2 Å². The summed E-state index contributed by atoms with van der Waals surface area (Å²) < 4.78 is 10.7. The van der Waals surface area contributed by atoms with E-state index in [4.69, 9.17) is 9.47 Å². The summed E-state index contributed by atoms with van der Waals surface area (Å²) >= 11 is 1.25. The van der Waals surface area contributed by atoms with Gasteiger partial charge in [-0.15, -0.1) is 11.3 Å². The predicted molar refractivity (Wildman–Crippen MR) is 159 cm³/mol. The molecule has 222 valence electrons. The molecule has 2 heterocycles. The minimum Gasteiger partial charge on any atom is -0.384 e. The number of Topliss-reactive ketones (excluding diaryl/α,β-unsaturated/α-hetero) is 2. The Morgan fingerprint density at radius 2 is 1.64 bits per heavy atom. The van der Waals surface area contributed by atoms with Crippen LogP contribution in [0.25, 0.3) is 0 Å². The Hall–Kier alpha value is -3.73. The third-order valence-electron chi connectivity index (χ3n) is 7.27. The smallest absolute Gasteiger partial charge is 0.280 e. The first-order chi connectivity index (χ1) is 20.2. The maximum atomic E-state index is 13.7. The summed E-state index contributed by atoms with van der Waals surface area (Å²) in [5, 5.41) is 5.98. The van der Waals surface area contributed by atoms with Gasteiger partial charge < -0.3 is 20.1 Å². The van der Waals surface area contributed by atoms with Crippen LogP contribution >= 0.6 is 11.3 Å². The van der Waals surface area contributed by atoms with Gasteiger partial charge in [0.2, 0.25) is 5.91 Å². The van der Waals surface area contributed by atoms with Gasteiger partial charge in [0, 0.05) is 24.6 Å². The van der Waals surface area contributed by atoms with E-state index in [-0.39, 0.29) is 29.6 Å². The number of hydrogen-bond donors (Lipinski definition) is 2. The molecule has 0 radical (unpaired) electrons. The lowest BCUT2D eigenvalue weighted by Crippen LogP contribution is -2.50. The number of amides is 2. The van der Waals surface area contributed by atoms with Crippen LogP contribution in [0.2, 0.25) is 0 Å². The number of hydrogen-bond acceptors (Lipinski definition) is 8. The van der Waals surface area contributed by atoms with Crippen molar-refractivity contribution in [2.24, 2.45) is 5.92 Å². The van der Waals surface area contributed by atoms with E-state index in [1.807, 2.05) is 67.6 Å². The van der Waals surface area contributed by atoms with Crippen molar-refractivity contribution >= 4 is 34.7 Å². The predicted octanol–water partition coefficient (Wildman–Crippen LogP) is 3.49. The van der Waals surface area contributed by atoms with Crippen molar-refractivity contribution in [1.29, 1.82) is 0 Å². The van der Waals surface area contributed by atoms with Gasteiger partial charge in [-0.3, -0.25) is 19.2 Å².